The van der Waals surface area contributed by atoms with E-state index in [-0.39, 0.29) is 24.5 Å². The van der Waals surface area contributed by atoms with Crippen molar-refractivity contribution in [1.82, 2.24) is 5.32 Å². The van der Waals surface area contributed by atoms with Crippen molar-refractivity contribution in [3.05, 3.63) is 68.7 Å². The number of halogens is 3. The molecular weight excluding hydrogens is 357 g/mol. The van der Waals surface area contributed by atoms with Gasteiger partial charge < -0.3 is 5.32 Å². The van der Waals surface area contributed by atoms with Crippen molar-refractivity contribution in [3.63, 3.8) is 0 Å². The average Bonchev–Trinajstić information content (AvgIpc) is 2.52. The van der Waals surface area contributed by atoms with Gasteiger partial charge in [0.05, 0.1) is 0 Å². The molecule has 6 heteroatoms. The van der Waals surface area contributed by atoms with Gasteiger partial charge in [-0.25, -0.2) is 0 Å². The fraction of sp³-hybridized carbons (Fsp3) is 0.176. The first-order valence-corrected chi connectivity index (χ1v) is 8.08. The maximum Gasteiger partial charge on any atom is 0.220 e. The molecule has 120 valence electrons. The van der Waals surface area contributed by atoms with Crippen molar-refractivity contribution >= 4 is 46.5 Å². The van der Waals surface area contributed by atoms with Crippen LogP contribution in [0.4, 0.5) is 0 Å². The highest BCUT2D eigenvalue weighted by Crippen LogP contribution is 2.20. The van der Waals surface area contributed by atoms with E-state index in [9.17, 15) is 9.59 Å². The van der Waals surface area contributed by atoms with Gasteiger partial charge in [-0.1, -0.05) is 40.9 Å². The molecule has 0 atom stereocenters. The number of benzene rings is 2. The van der Waals surface area contributed by atoms with Crippen LogP contribution in [0.15, 0.2) is 42.5 Å². The lowest BCUT2D eigenvalue weighted by Crippen LogP contribution is -2.23. The lowest BCUT2D eigenvalue weighted by Gasteiger charge is -2.07. The third-order valence-corrected chi connectivity index (χ3v) is 4.08. The van der Waals surface area contributed by atoms with Crippen molar-refractivity contribution in [2.45, 2.75) is 19.4 Å². The maximum absolute atomic E-state index is 12.0. The summed E-state index contributed by atoms with van der Waals surface area (Å²) in [6, 6.07) is 11.7. The van der Waals surface area contributed by atoms with Crippen molar-refractivity contribution in [1.29, 1.82) is 0 Å². The summed E-state index contributed by atoms with van der Waals surface area (Å²) in [5, 5.41) is 4.34. The van der Waals surface area contributed by atoms with Crippen LogP contribution in [0.25, 0.3) is 0 Å². The molecule has 2 aromatic rings. The summed E-state index contributed by atoms with van der Waals surface area (Å²) in [5.41, 5.74) is 1.32. The van der Waals surface area contributed by atoms with Crippen LogP contribution in [0.1, 0.15) is 28.8 Å². The highest BCUT2D eigenvalue weighted by atomic mass is 35.5. The Morgan fingerprint density at radius 2 is 1.52 bits per heavy atom. The quantitative estimate of drug-likeness (QED) is 0.733. The minimum absolute atomic E-state index is 0.0960. The van der Waals surface area contributed by atoms with Crippen LogP contribution < -0.4 is 5.32 Å². The van der Waals surface area contributed by atoms with E-state index in [0.29, 0.717) is 27.2 Å². The molecule has 0 unspecified atom stereocenters. The predicted octanol–water partition coefficient (Wildman–Crippen LogP) is 4.93. The second kappa shape index (κ2) is 8.34. The molecule has 1 amide bonds. The molecule has 0 aliphatic carbocycles. The molecule has 0 heterocycles. The Kier molecular flexibility index (Phi) is 6.46. The van der Waals surface area contributed by atoms with Crippen LogP contribution in [0.5, 0.6) is 0 Å². The molecule has 0 bridgehead atoms. The summed E-state index contributed by atoms with van der Waals surface area (Å²) in [6.07, 6.45) is 0.258. The van der Waals surface area contributed by atoms with E-state index in [2.05, 4.69) is 5.32 Å². The third kappa shape index (κ3) is 5.54. The Morgan fingerprint density at radius 3 is 2.17 bits per heavy atom. The molecule has 0 spiro atoms. The number of hydrogen-bond donors (Lipinski definition) is 1. The monoisotopic (exact) mass is 369 g/mol. The van der Waals surface area contributed by atoms with E-state index in [1.165, 1.54) is 0 Å². The maximum atomic E-state index is 12.0. The molecular formula is C17H14Cl3NO2. The number of ketones is 1. The Balaban J connectivity index is 1.81. The van der Waals surface area contributed by atoms with Crippen LogP contribution in [0.2, 0.25) is 15.1 Å². The van der Waals surface area contributed by atoms with Gasteiger partial charge in [0.25, 0.3) is 0 Å². The standard InChI is InChI=1S/C17H14Cl3NO2/c18-13-4-1-11(2-5-13)16(22)7-8-17(23)21-10-12-3-6-14(19)9-15(12)20/h1-6,9H,7-8,10H2,(H,21,23). The Morgan fingerprint density at radius 1 is 0.870 bits per heavy atom. The van der Waals surface area contributed by atoms with Gasteiger partial charge in [-0.3, -0.25) is 9.59 Å². The van der Waals surface area contributed by atoms with Gasteiger partial charge in [0, 0.05) is 40.0 Å². The van der Waals surface area contributed by atoms with Gasteiger partial charge >= 0.3 is 0 Å². The fourth-order valence-corrected chi connectivity index (χ4v) is 2.56. The number of rotatable bonds is 6. The molecule has 2 aromatic carbocycles. The van der Waals surface area contributed by atoms with Gasteiger partial charge in [0.2, 0.25) is 5.91 Å². The molecule has 0 fully saturated rings. The van der Waals surface area contributed by atoms with Gasteiger partial charge in [-0.05, 0) is 42.0 Å². The number of hydrogen-bond acceptors (Lipinski definition) is 2. The van der Waals surface area contributed by atoms with E-state index in [1.807, 2.05) is 0 Å². The molecule has 0 saturated heterocycles. The first kappa shape index (κ1) is 17.8. The zero-order valence-corrected chi connectivity index (χ0v) is 14.4. The molecule has 0 aliphatic rings. The van der Waals surface area contributed by atoms with E-state index < -0.39 is 0 Å². The number of carbonyl (C=O) groups is 2. The van der Waals surface area contributed by atoms with Crippen LogP contribution >= 0.6 is 34.8 Å². The topological polar surface area (TPSA) is 46.2 Å². The molecule has 0 saturated carbocycles. The highest BCUT2D eigenvalue weighted by molar-refractivity contribution is 6.35. The minimum Gasteiger partial charge on any atom is -0.352 e. The second-order valence-corrected chi connectivity index (χ2v) is 6.22. The van der Waals surface area contributed by atoms with Crippen LogP contribution in [0, 0.1) is 0 Å². The molecule has 2 rings (SSSR count). The van der Waals surface area contributed by atoms with E-state index in [1.54, 1.807) is 42.5 Å². The van der Waals surface area contributed by atoms with Crippen molar-refractivity contribution in [2.75, 3.05) is 0 Å². The summed E-state index contributed by atoms with van der Waals surface area (Å²) < 4.78 is 0. The first-order valence-electron chi connectivity index (χ1n) is 6.95. The summed E-state index contributed by atoms with van der Waals surface area (Å²) in [7, 11) is 0. The van der Waals surface area contributed by atoms with Gasteiger partial charge in [-0.15, -0.1) is 0 Å². The molecule has 0 aromatic heterocycles. The van der Waals surface area contributed by atoms with Crippen LogP contribution in [-0.4, -0.2) is 11.7 Å². The number of nitrogens with one attached hydrogen (secondary N) is 1. The number of amides is 1. The molecule has 0 radical (unpaired) electrons. The summed E-state index contributed by atoms with van der Waals surface area (Å²) in [5.74, 6) is -0.306. The lowest BCUT2D eigenvalue weighted by atomic mass is 10.1. The predicted molar refractivity (Wildman–Crippen MR) is 93.3 cm³/mol. The zero-order valence-electron chi connectivity index (χ0n) is 12.1. The SMILES string of the molecule is O=C(CCC(=O)c1ccc(Cl)cc1)NCc1ccc(Cl)cc1Cl. The molecule has 23 heavy (non-hydrogen) atoms. The van der Waals surface area contributed by atoms with Crippen LogP contribution in [-0.2, 0) is 11.3 Å². The Bertz CT molecular complexity index is 714. The summed E-state index contributed by atoms with van der Waals surface area (Å²) in [4.78, 5) is 23.8. The number of carbonyl (C=O) groups excluding carboxylic acids is 2. The Hall–Kier alpha value is -1.55. The first-order chi connectivity index (χ1) is 11.0. The fourth-order valence-electron chi connectivity index (χ4n) is 1.95. The summed E-state index contributed by atoms with van der Waals surface area (Å²) >= 11 is 17.6. The normalized spacial score (nSPS) is 10.4. The highest BCUT2D eigenvalue weighted by Gasteiger charge is 2.10. The van der Waals surface area contributed by atoms with Gasteiger partial charge in [0.15, 0.2) is 5.78 Å². The zero-order chi connectivity index (χ0) is 16.8. The second-order valence-electron chi connectivity index (χ2n) is 4.94. The lowest BCUT2D eigenvalue weighted by molar-refractivity contribution is -0.121. The number of Topliss-reactive ketones (excluding diaryl/α,β-unsaturated/α-hetero) is 1. The van der Waals surface area contributed by atoms with E-state index >= 15 is 0 Å². The largest absolute Gasteiger partial charge is 0.352 e. The van der Waals surface area contributed by atoms with Crippen molar-refractivity contribution in [3.8, 4) is 0 Å². The third-order valence-electron chi connectivity index (χ3n) is 3.24. The van der Waals surface area contributed by atoms with Crippen molar-refractivity contribution < 1.29 is 9.59 Å². The molecule has 3 nitrogen and oxygen atoms in total. The Labute approximate surface area is 149 Å². The average molecular weight is 371 g/mol. The van der Waals surface area contributed by atoms with E-state index in [4.69, 9.17) is 34.8 Å². The smallest absolute Gasteiger partial charge is 0.220 e. The molecule has 0 aliphatic heterocycles. The van der Waals surface area contributed by atoms with Gasteiger partial charge in [-0.2, -0.15) is 0 Å². The van der Waals surface area contributed by atoms with E-state index in [0.717, 1.165) is 5.56 Å². The van der Waals surface area contributed by atoms with Crippen molar-refractivity contribution in [2.24, 2.45) is 0 Å². The summed E-state index contributed by atoms with van der Waals surface area (Å²) in [6.45, 7) is 0.296. The van der Waals surface area contributed by atoms with Crippen LogP contribution in [0.3, 0.4) is 0 Å². The molecule has 1 N–H and O–H groups in total. The minimum atomic E-state index is -0.210. The van der Waals surface area contributed by atoms with Gasteiger partial charge in [0.1, 0.15) is 0 Å².